The van der Waals surface area contributed by atoms with Gasteiger partial charge in [-0.15, -0.1) is 0 Å². The van der Waals surface area contributed by atoms with Crippen LogP contribution in [-0.4, -0.2) is 5.11 Å². The smallest absolute Gasteiger partial charge is 0.120 e. The van der Waals surface area contributed by atoms with Gasteiger partial charge in [0, 0.05) is 15.7 Å². The van der Waals surface area contributed by atoms with Crippen LogP contribution in [0.5, 0.6) is 5.75 Å². The lowest BCUT2D eigenvalue weighted by Gasteiger charge is -2.20. The lowest BCUT2D eigenvalue weighted by Crippen LogP contribution is -2.09. The molecule has 0 fully saturated rings. The van der Waals surface area contributed by atoms with Crippen molar-refractivity contribution in [2.75, 3.05) is 5.32 Å². The minimum Gasteiger partial charge on any atom is -0.508 e. The van der Waals surface area contributed by atoms with Gasteiger partial charge in [-0.3, -0.25) is 0 Å². The van der Waals surface area contributed by atoms with E-state index in [2.05, 4.69) is 53.3 Å². The molecule has 0 bridgehead atoms. The van der Waals surface area contributed by atoms with Gasteiger partial charge in [0.25, 0.3) is 0 Å². The molecule has 3 heteroatoms. The summed E-state index contributed by atoms with van der Waals surface area (Å²) >= 11 is 3.54. The highest BCUT2D eigenvalue weighted by Gasteiger charge is 2.13. The Bertz CT molecular complexity index is 568. The SMILES string of the molecule is CCC(Nc1ccc(C)c(Br)c1)c1ccccc1O. The van der Waals surface area contributed by atoms with Crippen LogP contribution < -0.4 is 5.32 Å². The summed E-state index contributed by atoms with van der Waals surface area (Å²) in [5.41, 5.74) is 3.19. The third-order valence-electron chi connectivity index (χ3n) is 3.23. The van der Waals surface area contributed by atoms with E-state index in [0.29, 0.717) is 5.75 Å². The average Bonchev–Trinajstić information content (AvgIpc) is 2.41. The second kappa shape index (κ2) is 6.11. The van der Waals surface area contributed by atoms with Crippen LogP contribution in [0.4, 0.5) is 5.69 Å². The lowest BCUT2D eigenvalue weighted by molar-refractivity contribution is 0.463. The molecule has 0 saturated heterocycles. The van der Waals surface area contributed by atoms with Crippen LogP contribution in [-0.2, 0) is 0 Å². The molecule has 0 aliphatic rings. The number of halogens is 1. The number of nitrogens with one attached hydrogen (secondary N) is 1. The zero-order valence-electron chi connectivity index (χ0n) is 11.2. The van der Waals surface area contributed by atoms with Crippen molar-refractivity contribution in [3.63, 3.8) is 0 Å². The third kappa shape index (κ3) is 3.29. The van der Waals surface area contributed by atoms with Gasteiger partial charge < -0.3 is 10.4 Å². The normalized spacial score (nSPS) is 12.2. The topological polar surface area (TPSA) is 32.3 Å². The molecule has 2 N–H and O–H groups in total. The summed E-state index contributed by atoms with van der Waals surface area (Å²) in [4.78, 5) is 0. The number of anilines is 1. The van der Waals surface area contributed by atoms with Gasteiger partial charge in [0.2, 0.25) is 0 Å². The molecular weight excluding hydrogens is 302 g/mol. The van der Waals surface area contributed by atoms with Crippen LogP contribution in [0.2, 0.25) is 0 Å². The Hall–Kier alpha value is -1.48. The molecule has 0 saturated carbocycles. The highest BCUT2D eigenvalue weighted by molar-refractivity contribution is 9.10. The van der Waals surface area contributed by atoms with Crippen LogP contribution >= 0.6 is 15.9 Å². The summed E-state index contributed by atoms with van der Waals surface area (Å²) < 4.78 is 1.09. The van der Waals surface area contributed by atoms with Crippen molar-refractivity contribution in [2.45, 2.75) is 26.3 Å². The van der Waals surface area contributed by atoms with Gasteiger partial charge in [-0.1, -0.05) is 47.1 Å². The summed E-state index contributed by atoms with van der Waals surface area (Å²) in [6.07, 6.45) is 0.906. The Morgan fingerprint density at radius 2 is 1.95 bits per heavy atom. The predicted molar refractivity (Wildman–Crippen MR) is 83.6 cm³/mol. The highest BCUT2D eigenvalue weighted by Crippen LogP contribution is 2.30. The minimum atomic E-state index is 0.107. The van der Waals surface area contributed by atoms with Gasteiger partial charge in [-0.05, 0) is 37.1 Å². The second-order valence-corrected chi connectivity index (χ2v) is 5.48. The number of para-hydroxylation sites is 1. The molecule has 0 aliphatic heterocycles. The zero-order chi connectivity index (χ0) is 13.8. The van der Waals surface area contributed by atoms with E-state index in [1.165, 1.54) is 5.56 Å². The van der Waals surface area contributed by atoms with Gasteiger partial charge in [-0.2, -0.15) is 0 Å². The molecule has 0 heterocycles. The maximum atomic E-state index is 9.94. The second-order valence-electron chi connectivity index (χ2n) is 4.63. The van der Waals surface area contributed by atoms with Crippen LogP contribution in [0, 0.1) is 6.92 Å². The number of hydrogen-bond donors (Lipinski definition) is 2. The van der Waals surface area contributed by atoms with Crippen molar-refractivity contribution < 1.29 is 5.11 Å². The van der Waals surface area contributed by atoms with E-state index in [1.807, 2.05) is 18.2 Å². The Morgan fingerprint density at radius 3 is 2.58 bits per heavy atom. The largest absolute Gasteiger partial charge is 0.508 e. The first-order chi connectivity index (χ1) is 9.11. The van der Waals surface area contributed by atoms with Crippen molar-refractivity contribution in [3.05, 3.63) is 58.1 Å². The van der Waals surface area contributed by atoms with E-state index in [0.717, 1.165) is 22.1 Å². The molecule has 1 atom stereocenters. The van der Waals surface area contributed by atoms with Crippen LogP contribution in [0.3, 0.4) is 0 Å². The number of phenolic OH excluding ortho intramolecular Hbond substituents is 1. The monoisotopic (exact) mass is 319 g/mol. The first-order valence-corrected chi connectivity index (χ1v) is 7.21. The van der Waals surface area contributed by atoms with E-state index in [4.69, 9.17) is 0 Å². The van der Waals surface area contributed by atoms with Gasteiger partial charge in [-0.25, -0.2) is 0 Å². The number of aromatic hydroxyl groups is 1. The number of benzene rings is 2. The fourth-order valence-corrected chi connectivity index (χ4v) is 2.44. The van der Waals surface area contributed by atoms with E-state index < -0.39 is 0 Å². The maximum Gasteiger partial charge on any atom is 0.120 e. The molecule has 2 rings (SSSR count). The first-order valence-electron chi connectivity index (χ1n) is 6.42. The number of hydrogen-bond acceptors (Lipinski definition) is 2. The summed E-state index contributed by atoms with van der Waals surface area (Å²) in [7, 11) is 0. The predicted octanol–water partition coefficient (Wildman–Crippen LogP) is 5.03. The summed E-state index contributed by atoms with van der Waals surface area (Å²) in [5.74, 6) is 0.341. The molecule has 2 aromatic rings. The molecule has 1 unspecified atom stereocenters. The molecule has 2 nitrogen and oxygen atoms in total. The average molecular weight is 320 g/mol. The first kappa shape index (κ1) is 13.9. The summed E-state index contributed by atoms with van der Waals surface area (Å²) in [6, 6.07) is 13.8. The van der Waals surface area contributed by atoms with Crippen LogP contribution in [0.25, 0.3) is 0 Å². The summed E-state index contributed by atoms with van der Waals surface area (Å²) in [5, 5.41) is 13.4. The van der Waals surface area contributed by atoms with Crippen LogP contribution in [0.1, 0.15) is 30.5 Å². The molecule has 0 radical (unpaired) electrons. The standard InChI is InChI=1S/C16H18BrNO/c1-3-15(13-6-4-5-7-16(13)19)18-12-9-8-11(2)14(17)10-12/h4-10,15,18-19H,3H2,1-2H3. The van der Waals surface area contributed by atoms with Crippen LogP contribution in [0.15, 0.2) is 46.9 Å². The van der Waals surface area contributed by atoms with Crippen molar-refractivity contribution in [1.82, 2.24) is 0 Å². The van der Waals surface area contributed by atoms with E-state index in [9.17, 15) is 5.11 Å². The minimum absolute atomic E-state index is 0.107. The van der Waals surface area contributed by atoms with Gasteiger partial charge in [0.05, 0.1) is 6.04 Å². The molecule has 0 aliphatic carbocycles. The molecule has 0 spiro atoms. The lowest BCUT2D eigenvalue weighted by atomic mass is 10.0. The Morgan fingerprint density at radius 1 is 1.21 bits per heavy atom. The van der Waals surface area contributed by atoms with Crippen molar-refractivity contribution in [3.8, 4) is 5.75 Å². The number of rotatable bonds is 4. The number of phenols is 1. The molecule has 0 aromatic heterocycles. The van der Waals surface area contributed by atoms with E-state index in [1.54, 1.807) is 6.07 Å². The Labute approximate surface area is 122 Å². The summed E-state index contributed by atoms with van der Waals surface area (Å²) in [6.45, 7) is 4.17. The van der Waals surface area contributed by atoms with E-state index >= 15 is 0 Å². The molecule has 100 valence electrons. The molecular formula is C16H18BrNO. The molecule has 0 amide bonds. The fraction of sp³-hybridized carbons (Fsp3) is 0.250. The van der Waals surface area contributed by atoms with E-state index in [-0.39, 0.29) is 6.04 Å². The van der Waals surface area contributed by atoms with Gasteiger partial charge in [0.1, 0.15) is 5.75 Å². The zero-order valence-corrected chi connectivity index (χ0v) is 12.7. The third-order valence-corrected chi connectivity index (χ3v) is 4.09. The number of aryl methyl sites for hydroxylation is 1. The molecule has 19 heavy (non-hydrogen) atoms. The maximum absolute atomic E-state index is 9.94. The van der Waals surface area contributed by atoms with Crippen molar-refractivity contribution in [2.24, 2.45) is 0 Å². The van der Waals surface area contributed by atoms with Gasteiger partial charge >= 0.3 is 0 Å². The van der Waals surface area contributed by atoms with Crippen molar-refractivity contribution in [1.29, 1.82) is 0 Å². The van der Waals surface area contributed by atoms with Gasteiger partial charge in [0.15, 0.2) is 0 Å². The van der Waals surface area contributed by atoms with Crippen molar-refractivity contribution >= 4 is 21.6 Å². The highest BCUT2D eigenvalue weighted by atomic mass is 79.9. The Balaban J connectivity index is 2.24. The Kier molecular flexibility index (Phi) is 4.48. The molecule has 2 aromatic carbocycles. The quantitative estimate of drug-likeness (QED) is 0.828. The fourth-order valence-electron chi connectivity index (χ4n) is 2.07.